The van der Waals surface area contributed by atoms with E-state index in [1.165, 1.54) is 36.7 Å². The van der Waals surface area contributed by atoms with Crippen LogP contribution in [-0.4, -0.2) is 26.1 Å². The number of amides is 1. The van der Waals surface area contributed by atoms with Gasteiger partial charge in [-0.15, -0.1) is 0 Å². The molecule has 0 unspecified atom stereocenters. The van der Waals surface area contributed by atoms with E-state index in [9.17, 15) is 14.9 Å². The van der Waals surface area contributed by atoms with Gasteiger partial charge in [0.25, 0.3) is 11.6 Å². The molecule has 8 heteroatoms. The van der Waals surface area contributed by atoms with Crippen molar-refractivity contribution >= 4 is 46.0 Å². The number of nitro benzene ring substituents is 1. The molecule has 2 aliphatic rings. The lowest BCUT2D eigenvalue weighted by Gasteiger charge is -2.25. The molecule has 1 aliphatic heterocycles. The summed E-state index contributed by atoms with van der Waals surface area (Å²) in [6.45, 7) is 0. The standard InChI is InChI=1S/C21H20N2O4S2/c24-20-19(29-21(28)22(20)15-7-3-1-2-4-8-15)13-17-10-11-18(27-17)14-6-5-9-16(12-14)23(25)26/h5-6,9-13,15H,1-4,7-8H2/b19-13+. The van der Waals surface area contributed by atoms with Gasteiger partial charge in [0, 0.05) is 29.8 Å². The van der Waals surface area contributed by atoms with Gasteiger partial charge >= 0.3 is 0 Å². The average Bonchev–Trinajstić information content (AvgIpc) is 3.16. The maximum Gasteiger partial charge on any atom is 0.270 e. The number of non-ortho nitro benzene ring substituents is 1. The Labute approximate surface area is 178 Å². The van der Waals surface area contributed by atoms with Crippen LogP contribution in [0.4, 0.5) is 5.69 Å². The Morgan fingerprint density at radius 2 is 1.93 bits per heavy atom. The number of carbonyl (C=O) groups is 1. The van der Waals surface area contributed by atoms with Gasteiger partial charge in [-0.05, 0) is 25.0 Å². The van der Waals surface area contributed by atoms with E-state index in [1.807, 2.05) is 0 Å². The molecule has 4 rings (SSSR count). The first-order valence-electron chi connectivity index (χ1n) is 9.64. The van der Waals surface area contributed by atoms with Crippen molar-refractivity contribution in [2.45, 2.75) is 44.6 Å². The minimum atomic E-state index is -0.438. The molecule has 0 atom stereocenters. The smallest absolute Gasteiger partial charge is 0.270 e. The van der Waals surface area contributed by atoms with Crippen molar-refractivity contribution in [3.63, 3.8) is 0 Å². The number of thiocarbonyl (C=S) groups is 1. The van der Waals surface area contributed by atoms with E-state index in [4.69, 9.17) is 16.6 Å². The number of carbonyl (C=O) groups excluding carboxylic acids is 1. The van der Waals surface area contributed by atoms with Crippen LogP contribution in [-0.2, 0) is 4.79 Å². The van der Waals surface area contributed by atoms with Crippen LogP contribution in [0, 0.1) is 10.1 Å². The first-order valence-corrected chi connectivity index (χ1v) is 10.9. The van der Waals surface area contributed by atoms with E-state index >= 15 is 0 Å². The number of nitrogens with zero attached hydrogens (tertiary/aromatic N) is 2. The van der Waals surface area contributed by atoms with Crippen molar-refractivity contribution in [2.24, 2.45) is 0 Å². The van der Waals surface area contributed by atoms with Gasteiger partial charge in [-0.1, -0.05) is 61.8 Å². The van der Waals surface area contributed by atoms with Gasteiger partial charge < -0.3 is 4.42 Å². The third-order valence-electron chi connectivity index (χ3n) is 5.26. The fourth-order valence-corrected chi connectivity index (χ4v) is 5.18. The summed E-state index contributed by atoms with van der Waals surface area (Å²) in [5.74, 6) is 0.979. The summed E-state index contributed by atoms with van der Waals surface area (Å²) >= 11 is 6.80. The number of rotatable bonds is 4. The van der Waals surface area contributed by atoms with Gasteiger partial charge in [0.1, 0.15) is 15.8 Å². The SMILES string of the molecule is O=C1/C(=C\c2ccc(-c3cccc([N+](=O)[O-])c3)o2)SC(=S)N1C1CCCCCC1. The maximum absolute atomic E-state index is 13.0. The normalized spacial score (nSPS) is 19.7. The number of hydrogen-bond donors (Lipinski definition) is 0. The molecule has 0 bridgehead atoms. The molecule has 1 amide bonds. The van der Waals surface area contributed by atoms with Crippen molar-refractivity contribution in [2.75, 3.05) is 0 Å². The third-order valence-corrected chi connectivity index (χ3v) is 6.59. The van der Waals surface area contributed by atoms with Crippen LogP contribution in [0.25, 0.3) is 17.4 Å². The molecule has 1 aromatic carbocycles. The topological polar surface area (TPSA) is 76.6 Å². The Kier molecular flexibility index (Phi) is 5.82. The molecular formula is C21H20N2O4S2. The Hall–Kier alpha value is -2.45. The second-order valence-electron chi connectivity index (χ2n) is 7.21. The Bertz CT molecular complexity index is 990. The van der Waals surface area contributed by atoms with Gasteiger partial charge in [0.05, 0.1) is 9.83 Å². The lowest BCUT2D eigenvalue weighted by molar-refractivity contribution is -0.384. The molecule has 0 spiro atoms. The van der Waals surface area contributed by atoms with Gasteiger partial charge in [-0.2, -0.15) is 0 Å². The minimum Gasteiger partial charge on any atom is -0.457 e. The fraction of sp³-hybridized carbons (Fsp3) is 0.333. The summed E-state index contributed by atoms with van der Waals surface area (Å²) in [5.41, 5.74) is 0.620. The molecule has 150 valence electrons. The molecule has 29 heavy (non-hydrogen) atoms. The van der Waals surface area contributed by atoms with Gasteiger partial charge in [-0.25, -0.2) is 0 Å². The Morgan fingerprint density at radius 1 is 1.17 bits per heavy atom. The van der Waals surface area contributed by atoms with Crippen LogP contribution in [0.15, 0.2) is 45.7 Å². The quantitative estimate of drug-likeness (QED) is 0.202. The summed E-state index contributed by atoms with van der Waals surface area (Å²) in [4.78, 5) is 25.8. The van der Waals surface area contributed by atoms with Gasteiger partial charge in [0.15, 0.2) is 0 Å². The summed E-state index contributed by atoms with van der Waals surface area (Å²) in [5, 5.41) is 11.0. The number of nitro groups is 1. The molecular weight excluding hydrogens is 408 g/mol. The first-order chi connectivity index (χ1) is 14.0. The molecule has 2 heterocycles. The second-order valence-corrected chi connectivity index (χ2v) is 8.88. The highest BCUT2D eigenvalue weighted by atomic mass is 32.2. The predicted octanol–water partition coefficient (Wildman–Crippen LogP) is 5.78. The minimum absolute atomic E-state index is 0.00437. The highest BCUT2D eigenvalue weighted by molar-refractivity contribution is 8.26. The van der Waals surface area contributed by atoms with Crippen LogP contribution in [0.5, 0.6) is 0 Å². The molecule has 2 aromatic rings. The van der Waals surface area contributed by atoms with Crippen LogP contribution in [0.1, 0.15) is 44.3 Å². The van der Waals surface area contributed by atoms with Gasteiger partial charge in [0.2, 0.25) is 0 Å². The maximum atomic E-state index is 13.0. The van der Waals surface area contributed by atoms with E-state index in [2.05, 4.69) is 0 Å². The van der Waals surface area contributed by atoms with Gasteiger partial charge in [-0.3, -0.25) is 19.8 Å². The Balaban J connectivity index is 1.54. The van der Waals surface area contributed by atoms with Crippen molar-refractivity contribution in [3.8, 4) is 11.3 Å². The molecule has 1 saturated heterocycles. The molecule has 1 aliphatic carbocycles. The molecule has 2 fully saturated rings. The number of thioether (sulfide) groups is 1. The first kappa shape index (κ1) is 19.8. The zero-order chi connectivity index (χ0) is 20.4. The predicted molar refractivity (Wildman–Crippen MR) is 117 cm³/mol. The summed E-state index contributed by atoms with van der Waals surface area (Å²) in [6.07, 6.45) is 8.39. The van der Waals surface area contributed by atoms with Crippen molar-refractivity contribution in [3.05, 3.63) is 57.2 Å². The number of furan rings is 1. The zero-order valence-corrected chi connectivity index (χ0v) is 17.3. The summed E-state index contributed by atoms with van der Waals surface area (Å²) in [6, 6.07) is 9.96. The molecule has 1 saturated carbocycles. The Morgan fingerprint density at radius 3 is 2.66 bits per heavy atom. The lowest BCUT2D eigenvalue weighted by Crippen LogP contribution is -2.38. The molecule has 6 nitrogen and oxygen atoms in total. The monoisotopic (exact) mass is 428 g/mol. The average molecular weight is 429 g/mol. The molecule has 1 aromatic heterocycles. The van der Waals surface area contributed by atoms with Crippen molar-refractivity contribution < 1.29 is 14.1 Å². The third kappa shape index (κ3) is 4.28. The van der Waals surface area contributed by atoms with Crippen molar-refractivity contribution in [1.29, 1.82) is 0 Å². The highest BCUT2D eigenvalue weighted by Gasteiger charge is 2.37. The summed E-state index contributed by atoms with van der Waals surface area (Å²) in [7, 11) is 0. The van der Waals surface area contributed by atoms with E-state index in [0.717, 1.165) is 25.7 Å². The van der Waals surface area contributed by atoms with Crippen LogP contribution in [0.2, 0.25) is 0 Å². The van der Waals surface area contributed by atoms with Crippen LogP contribution >= 0.6 is 24.0 Å². The number of benzene rings is 1. The molecule has 0 radical (unpaired) electrons. The van der Waals surface area contributed by atoms with E-state index in [-0.39, 0.29) is 17.6 Å². The lowest BCUT2D eigenvalue weighted by atomic mass is 10.1. The fourth-order valence-electron chi connectivity index (χ4n) is 3.80. The van der Waals surface area contributed by atoms with Crippen LogP contribution in [0.3, 0.4) is 0 Å². The summed E-state index contributed by atoms with van der Waals surface area (Å²) < 4.78 is 6.43. The number of hydrogen-bond acceptors (Lipinski definition) is 6. The zero-order valence-electron chi connectivity index (χ0n) is 15.7. The molecule has 0 N–H and O–H groups in total. The largest absolute Gasteiger partial charge is 0.457 e. The van der Waals surface area contributed by atoms with Crippen LogP contribution < -0.4 is 0 Å². The second kappa shape index (κ2) is 8.51. The highest BCUT2D eigenvalue weighted by Crippen LogP contribution is 2.37. The van der Waals surface area contributed by atoms with Crippen molar-refractivity contribution in [1.82, 2.24) is 4.90 Å². The van der Waals surface area contributed by atoms with E-state index in [1.54, 1.807) is 35.2 Å². The van der Waals surface area contributed by atoms with E-state index < -0.39 is 4.92 Å². The van der Waals surface area contributed by atoms with E-state index in [0.29, 0.717) is 26.3 Å².